The molecule has 0 bridgehead atoms. The van der Waals surface area contributed by atoms with Gasteiger partial charge in [-0.05, 0) is 125 Å². The molecule has 12 heteroatoms. The third-order valence-electron chi connectivity index (χ3n) is 10.2. The minimum Gasteiger partial charge on any atom is -0.493 e. The zero-order chi connectivity index (χ0) is 39.4. The molecule has 2 aromatic heterocycles. The highest BCUT2D eigenvalue weighted by atomic mass is 32.1. The van der Waals surface area contributed by atoms with Gasteiger partial charge in [0.05, 0.1) is 30.0 Å². The van der Waals surface area contributed by atoms with E-state index in [2.05, 4.69) is 26.2 Å². The maximum Gasteiger partial charge on any atom is 0.358 e. The van der Waals surface area contributed by atoms with Crippen LogP contribution in [0.25, 0.3) is 21.3 Å². The molecule has 3 aromatic carbocycles. The number of fused-ring (bicyclic) bond motifs is 2. The largest absolute Gasteiger partial charge is 0.493 e. The fraction of sp³-hybridized carbons (Fsp3) is 0.386. The molecule has 292 valence electrons. The summed E-state index contributed by atoms with van der Waals surface area (Å²) in [5.41, 5.74) is 5.35. The Morgan fingerprint density at radius 3 is 2.57 bits per heavy atom. The van der Waals surface area contributed by atoms with Crippen LogP contribution in [0, 0.1) is 12.8 Å². The number of carbonyl (C=O) groups excluding carboxylic acids is 3. The van der Waals surface area contributed by atoms with Gasteiger partial charge < -0.3 is 19.1 Å². The molecule has 5 aromatic rings. The molecular formula is C44H49N5O6S. The van der Waals surface area contributed by atoms with Gasteiger partial charge in [-0.15, -0.1) is 0 Å². The zero-order valence-electron chi connectivity index (χ0n) is 32.7. The first-order chi connectivity index (χ1) is 27.0. The van der Waals surface area contributed by atoms with Gasteiger partial charge in [-0.25, -0.2) is 14.8 Å². The lowest BCUT2D eigenvalue weighted by Gasteiger charge is -2.31. The second-order valence-corrected chi connectivity index (χ2v) is 16.4. The maximum absolute atomic E-state index is 13.9. The molecule has 1 atom stereocenters. The van der Waals surface area contributed by atoms with Crippen LogP contribution in [-0.2, 0) is 27.2 Å². The van der Waals surface area contributed by atoms with Gasteiger partial charge in [0.25, 0.3) is 5.91 Å². The van der Waals surface area contributed by atoms with Crippen molar-refractivity contribution in [2.75, 3.05) is 49.6 Å². The number of rotatable bonds is 12. The number of amides is 1. The Labute approximate surface area is 332 Å². The number of aromatic nitrogens is 2. The molecule has 1 amide bonds. The molecular weight excluding hydrogens is 727 g/mol. The Balaban J connectivity index is 1.10. The number of anilines is 2. The third-order valence-corrected chi connectivity index (χ3v) is 11.2. The van der Waals surface area contributed by atoms with Crippen LogP contribution in [0.4, 0.5) is 10.9 Å². The molecule has 1 fully saturated rings. The van der Waals surface area contributed by atoms with Crippen LogP contribution in [0.5, 0.6) is 5.75 Å². The highest BCUT2D eigenvalue weighted by Crippen LogP contribution is 2.36. The summed E-state index contributed by atoms with van der Waals surface area (Å²) in [4.78, 5) is 53.3. The van der Waals surface area contributed by atoms with Crippen LogP contribution in [0.3, 0.4) is 0 Å². The highest BCUT2D eigenvalue weighted by molar-refractivity contribution is 7.22. The van der Waals surface area contributed by atoms with Gasteiger partial charge in [0.1, 0.15) is 17.2 Å². The lowest BCUT2D eigenvalue weighted by molar-refractivity contribution is -0.144. The van der Waals surface area contributed by atoms with E-state index in [0.29, 0.717) is 67.3 Å². The van der Waals surface area contributed by atoms with E-state index in [4.69, 9.17) is 19.2 Å². The summed E-state index contributed by atoms with van der Waals surface area (Å²) < 4.78 is 18.4. The molecule has 0 radical (unpaired) electrons. The first kappa shape index (κ1) is 38.9. The minimum atomic E-state index is -0.728. The first-order valence-corrected chi connectivity index (χ1v) is 20.1. The highest BCUT2D eigenvalue weighted by Gasteiger charge is 2.28. The maximum atomic E-state index is 13.9. The average Bonchev–Trinajstić information content (AvgIpc) is 3.80. The van der Waals surface area contributed by atoms with E-state index in [9.17, 15) is 14.4 Å². The number of pyridine rings is 1. The van der Waals surface area contributed by atoms with Crippen LogP contribution < -0.4 is 15.0 Å². The molecule has 7 rings (SSSR count). The second-order valence-electron chi connectivity index (χ2n) is 15.4. The van der Waals surface area contributed by atoms with Crippen molar-refractivity contribution < 1.29 is 28.6 Å². The first-order valence-electron chi connectivity index (χ1n) is 19.3. The number of para-hydroxylation sites is 1. The number of hydrogen-bond acceptors (Lipinski definition) is 11. The van der Waals surface area contributed by atoms with Gasteiger partial charge in [0.15, 0.2) is 10.8 Å². The second kappa shape index (κ2) is 16.8. The van der Waals surface area contributed by atoms with Crippen LogP contribution >= 0.6 is 11.3 Å². The van der Waals surface area contributed by atoms with Crippen molar-refractivity contribution in [2.45, 2.75) is 66.0 Å². The number of hydrogen-bond donors (Lipinski definition) is 1. The number of likely N-dealkylation sites (tertiary alicyclic amines) is 1. The summed E-state index contributed by atoms with van der Waals surface area (Å²) in [7, 11) is 0. The van der Waals surface area contributed by atoms with Crippen molar-refractivity contribution >= 4 is 50.3 Å². The number of carbonyl (C=O) groups is 3. The molecule has 11 nitrogen and oxygen atoms in total. The Morgan fingerprint density at radius 1 is 0.946 bits per heavy atom. The van der Waals surface area contributed by atoms with Gasteiger partial charge in [-0.3, -0.25) is 19.8 Å². The molecule has 0 saturated carbocycles. The normalized spacial score (nSPS) is 15.7. The summed E-state index contributed by atoms with van der Waals surface area (Å²) in [6.07, 6.45) is 2.60. The molecule has 1 N–H and O–H groups in total. The summed E-state index contributed by atoms with van der Waals surface area (Å²) in [5.74, 6) is 0.906. The van der Waals surface area contributed by atoms with E-state index >= 15 is 0 Å². The number of thiazole rings is 1. The molecule has 0 aliphatic carbocycles. The fourth-order valence-electron chi connectivity index (χ4n) is 7.48. The molecule has 56 heavy (non-hydrogen) atoms. The SMILES string of the molecule is CCOC(=O)CN1CC[C@H](CCOc2cccc(-c3ccc(N4CCc5cccc(C(=O)Nc6nc7ccccc7s6)c5C4)nc3C(=O)OC(C)(C)C)c2C)C1. The third kappa shape index (κ3) is 9.03. The van der Waals surface area contributed by atoms with Crippen molar-refractivity contribution in [1.29, 1.82) is 0 Å². The van der Waals surface area contributed by atoms with Crippen molar-refractivity contribution in [3.8, 4) is 16.9 Å². The van der Waals surface area contributed by atoms with Gasteiger partial charge in [-0.2, -0.15) is 0 Å². The Bertz CT molecular complexity index is 2210. The van der Waals surface area contributed by atoms with Gasteiger partial charge in [0.2, 0.25) is 0 Å². The number of nitrogens with zero attached hydrogens (tertiary/aromatic N) is 4. The average molecular weight is 776 g/mol. The van der Waals surface area contributed by atoms with Crippen LogP contribution in [0.1, 0.15) is 78.1 Å². The van der Waals surface area contributed by atoms with Crippen LogP contribution in [0.15, 0.2) is 72.8 Å². The predicted molar refractivity (Wildman–Crippen MR) is 220 cm³/mol. The van der Waals surface area contributed by atoms with Crippen molar-refractivity contribution in [1.82, 2.24) is 14.9 Å². The number of esters is 2. The molecule has 2 aliphatic heterocycles. The number of nitrogens with one attached hydrogen (secondary N) is 1. The molecule has 0 unspecified atom stereocenters. The Kier molecular flexibility index (Phi) is 11.7. The lowest BCUT2D eigenvalue weighted by atomic mass is 9.94. The minimum absolute atomic E-state index is 0.179. The lowest BCUT2D eigenvalue weighted by Crippen LogP contribution is -2.33. The number of benzene rings is 3. The van der Waals surface area contributed by atoms with E-state index < -0.39 is 11.6 Å². The quantitative estimate of drug-likeness (QED) is 0.125. The van der Waals surface area contributed by atoms with E-state index in [0.717, 1.165) is 64.2 Å². The Morgan fingerprint density at radius 2 is 1.77 bits per heavy atom. The van der Waals surface area contributed by atoms with Crippen molar-refractivity contribution in [2.24, 2.45) is 5.92 Å². The van der Waals surface area contributed by atoms with Crippen LogP contribution in [0.2, 0.25) is 0 Å². The standard InChI is InChI=1S/C44H49N5O6S/c1-6-53-39(50)27-48-22-19-29(25-48)21-24-54-36-15-10-12-31(28(36)2)32-17-18-38(46-40(32)42(52)55-44(3,4)5)49-23-20-30-11-9-13-33(34(30)26-49)41(51)47-43-45-35-14-7-8-16-37(35)56-43/h7-18,29H,6,19-27H2,1-5H3,(H,45,47,51)/t29-/m1/s1. The van der Waals surface area contributed by atoms with Gasteiger partial charge in [0, 0.05) is 30.8 Å². The van der Waals surface area contributed by atoms with E-state index in [1.807, 2.05) is 101 Å². The van der Waals surface area contributed by atoms with Crippen molar-refractivity contribution in [3.63, 3.8) is 0 Å². The topological polar surface area (TPSA) is 123 Å². The molecule has 2 aliphatic rings. The molecule has 0 spiro atoms. The predicted octanol–water partition coefficient (Wildman–Crippen LogP) is 8.09. The van der Waals surface area contributed by atoms with E-state index in [1.165, 1.54) is 11.3 Å². The fourth-order valence-corrected chi connectivity index (χ4v) is 8.34. The zero-order valence-corrected chi connectivity index (χ0v) is 33.5. The van der Waals surface area contributed by atoms with Gasteiger partial charge >= 0.3 is 11.9 Å². The number of ether oxygens (including phenoxy) is 3. The van der Waals surface area contributed by atoms with Crippen molar-refractivity contribution in [3.05, 3.63) is 101 Å². The van der Waals surface area contributed by atoms with Crippen LogP contribution in [-0.4, -0.2) is 77.7 Å². The summed E-state index contributed by atoms with van der Waals surface area (Å²) in [6, 6.07) is 23.4. The Hall–Kier alpha value is -5.33. The monoisotopic (exact) mass is 775 g/mol. The van der Waals surface area contributed by atoms with E-state index in [1.54, 1.807) is 0 Å². The molecule has 1 saturated heterocycles. The summed E-state index contributed by atoms with van der Waals surface area (Å²) >= 11 is 1.45. The molecule has 4 heterocycles. The van der Waals surface area contributed by atoms with Gasteiger partial charge in [-0.1, -0.05) is 47.7 Å². The van der Waals surface area contributed by atoms with E-state index in [-0.39, 0.29) is 17.6 Å². The summed E-state index contributed by atoms with van der Waals surface area (Å²) in [6.45, 7) is 13.4. The smallest absolute Gasteiger partial charge is 0.358 e. The summed E-state index contributed by atoms with van der Waals surface area (Å²) in [5, 5.41) is 3.57.